The van der Waals surface area contributed by atoms with Gasteiger partial charge in [0, 0.05) is 30.0 Å². The summed E-state index contributed by atoms with van der Waals surface area (Å²) in [5.74, 6) is -0.690. The number of non-ortho nitro benzene ring substituents is 1. The number of ether oxygens (including phenoxy) is 1. The Morgan fingerprint density at radius 2 is 1.74 bits per heavy atom. The van der Waals surface area contributed by atoms with Crippen LogP contribution in [0.25, 0.3) is 0 Å². The first-order chi connectivity index (χ1) is 14.5. The summed E-state index contributed by atoms with van der Waals surface area (Å²) in [6, 6.07) is 8.38. The fraction of sp³-hybridized carbons (Fsp3) is 0.278. The third-order valence-corrected chi connectivity index (χ3v) is 7.29. The highest BCUT2D eigenvalue weighted by molar-refractivity contribution is 7.92. The molecule has 11 nitrogen and oxygen atoms in total. The van der Waals surface area contributed by atoms with E-state index in [1.807, 2.05) is 0 Å². The van der Waals surface area contributed by atoms with Crippen molar-refractivity contribution in [3.63, 3.8) is 0 Å². The molecule has 0 aliphatic heterocycles. The van der Waals surface area contributed by atoms with Crippen LogP contribution in [0.3, 0.4) is 0 Å². The molecule has 0 fully saturated rings. The number of carbonyl (C=O) groups excluding carboxylic acids is 1. The molecule has 13 heteroatoms. The topological polar surface area (TPSA) is 162 Å². The first-order valence-corrected chi connectivity index (χ1v) is 12.2. The number of methoxy groups -OCH3 is 1. The third kappa shape index (κ3) is 6.39. The minimum absolute atomic E-state index is 0.0300. The maximum Gasteiger partial charge on any atom is 0.271 e. The lowest BCUT2D eigenvalue weighted by atomic mass is 10.2. The van der Waals surface area contributed by atoms with Gasteiger partial charge in [-0.2, -0.15) is 0 Å². The number of hydrogen-bond donors (Lipinski definition) is 2. The number of rotatable bonds is 10. The molecule has 1 amide bonds. The second-order valence-corrected chi connectivity index (χ2v) is 10.4. The largest absolute Gasteiger partial charge is 0.495 e. The van der Waals surface area contributed by atoms with Gasteiger partial charge in [0.2, 0.25) is 0 Å². The molecule has 2 aromatic rings. The molecule has 0 bridgehead atoms. The van der Waals surface area contributed by atoms with Gasteiger partial charge in [0.05, 0.1) is 28.4 Å². The van der Waals surface area contributed by atoms with E-state index in [0.29, 0.717) is 0 Å². The molecule has 0 saturated heterocycles. The molecule has 0 aliphatic rings. The summed E-state index contributed by atoms with van der Waals surface area (Å²) in [6.07, 6.45) is 0. The van der Waals surface area contributed by atoms with Gasteiger partial charge >= 0.3 is 0 Å². The molecule has 0 radical (unpaired) electrons. The first kappa shape index (κ1) is 24.1. The van der Waals surface area contributed by atoms with E-state index in [2.05, 4.69) is 10.0 Å². The molecular weight excluding hydrogens is 450 g/mol. The summed E-state index contributed by atoms with van der Waals surface area (Å²) in [5, 5.41) is 13.4. The number of sulfonamides is 1. The molecule has 2 rings (SSSR count). The van der Waals surface area contributed by atoms with E-state index in [0.717, 1.165) is 6.07 Å². The fourth-order valence-corrected chi connectivity index (χ4v) is 4.21. The zero-order valence-corrected chi connectivity index (χ0v) is 18.3. The molecule has 31 heavy (non-hydrogen) atoms. The van der Waals surface area contributed by atoms with Crippen molar-refractivity contribution in [2.45, 2.75) is 11.8 Å². The maximum atomic E-state index is 12.6. The number of hydrogen-bond acceptors (Lipinski definition) is 8. The Morgan fingerprint density at radius 3 is 2.29 bits per heavy atom. The van der Waals surface area contributed by atoms with Gasteiger partial charge < -0.3 is 10.1 Å². The molecule has 0 atom stereocenters. The molecule has 2 aromatic carbocycles. The van der Waals surface area contributed by atoms with E-state index in [-0.39, 0.29) is 45.6 Å². The van der Waals surface area contributed by atoms with Crippen LogP contribution in [0, 0.1) is 10.1 Å². The number of nitrogens with zero attached hydrogens (tertiary/aromatic N) is 1. The van der Waals surface area contributed by atoms with Gasteiger partial charge in [0.15, 0.2) is 9.84 Å². The van der Waals surface area contributed by atoms with E-state index in [9.17, 15) is 31.7 Å². The average molecular weight is 472 g/mol. The van der Waals surface area contributed by atoms with Crippen molar-refractivity contribution in [3.8, 4) is 5.75 Å². The number of anilines is 1. The van der Waals surface area contributed by atoms with E-state index in [4.69, 9.17) is 4.74 Å². The van der Waals surface area contributed by atoms with Crippen molar-refractivity contribution in [2.75, 3.05) is 29.9 Å². The standard InChI is InChI=1S/C18H21N3O8S2/c1-3-30(25,26)11-10-19-18(22)13-4-7-15(8-5-13)31(27,28)20-16-12-14(21(23)24)6-9-17(16)29-2/h4-9,12,20H,3,10-11H2,1-2H3,(H,19,22). The molecule has 0 heterocycles. The van der Waals surface area contributed by atoms with Gasteiger partial charge in [-0.25, -0.2) is 16.8 Å². The van der Waals surface area contributed by atoms with Crippen LogP contribution in [-0.2, 0) is 19.9 Å². The van der Waals surface area contributed by atoms with Crippen molar-refractivity contribution in [3.05, 3.63) is 58.1 Å². The van der Waals surface area contributed by atoms with Gasteiger partial charge in [-0.3, -0.25) is 19.6 Å². The normalized spacial score (nSPS) is 11.5. The average Bonchev–Trinajstić information content (AvgIpc) is 2.73. The van der Waals surface area contributed by atoms with Crippen molar-refractivity contribution in [1.29, 1.82) is 0 Å². The number of sulfone groups is 1. The molecule has 0 unspecified atom stereocenters. The fourth-order valence-electron chi connectivity index (χ4n) is 2.44. The van der Waals surface area contributed by atoms with E-state index < -0.39 is 30.7 Å². The predicted molar refractivity (Wildman–Crippen MR) is 114 cm³/mol. The Hall–Kier alpha value is -3.19. The van der Waals surface area contributed by atoms with Gasteiger partial charge in [-0.1, -0.05) is 6.92 Å². The quantitative estimate of drug-likeness (QED) is 0.390. The predicted octanol–water partition coefficient (Wildman–Crippen LogP) is 1.57. The Morgan fingerprint density at radius 1 is 1.10 bits per heavy atom. The molecular formula is C18H21N3O8S2. The van der Waals surface area contributed by atoms with Crippen molar-refractivity contribution in [2.24, 2.45) is 0 Å². The molecule has 0 aliphatic carbocycles. The second-order valence-electron chi connectivity index (χ2n) is 6.26. The third-order valence-electron chi connectivity index (χ3n) is 4.20. The molecule has 0 saturated carbocycles. The smallest absolute Gasteiger partial charge is 0.271 e. The Balaban J connectivity index is 2.16. The molecule has 0 aromatic heterocycles. The van der Waals surface area contributed by atoms with Crippen LogP contribution in [0.2, 0.25) is 0 Å². The SMILES string of the molecule is CCS(=O)(=O)CCNC(=O)c1ccc(S(=O)(=O)Nc2cc([N+](=O)[O-])ccc2OC)cc1. The van der Waals surface area contributed by atoms with E-state index in [1.165, 1.54) is 50.4 Å². The molecule has 2 N–H and O–H groups in total. The van der Waals surface area contributed by atoms with Crippen molar-refractivity contribution < 1.29 is 31.3 Å². The summed E-state index contributed by atoms with van der Waals surface area (Å²) >= 11 is 0. The summed E-state index contributed by atoms with van der Waals surface area (Å²) in [5.41, 5.74) is -0.299. The minimum Gasteiger partial charge on any atom is -0.495 e. The van der Waals surface area contributed by atoms with Crippen LogP contribution in [-0.4, -0.2) is 52.8 Å². The van der Waals surface area contributed by atoms with Gasteiger partial charge in [0.1, 0.15) is 5.75 Å². The number of amides is 1. The summed E-state index contributed by atoms with van der Waals surface area (Å²) in [7, 11) is -6.07. The number of nitro benzene ring substituents is 1. The molecule has 0 spiro atoms. The zero-order valence-electron chi connectivity index (χ0n) is 16.7. The molecule has 168 valence electrons. The van der Waals surface area contributed by atoms with Crippen LogP contribution < -0.4 is 14.8 Å². The van der Waals surface area contributed by atoms with Crippen molar-refractivity contribution in [1.82, 2.24) is 5.32 Å². The first-order valence-electron chi connectivity index (χ1n) is 8.93. The lowest BCUT2D eigenvalue weighted by Gasteiger charge is -2.12. The lowest BCUT2D eigenvalue weighted by Crippen LogP contribution is -2.29. The monoisotopic (exact) mass is 471 g/mol. The lowest BCUT2D eigenvalue weighted by molar-refractivity contribution is -0.384. The second kappa shape index (κ2) is 9.75. The van der Waals surface area contributed by atoms with Gasteiger partial charge in [0.25, 0.3) is 21.6 Å². The van der Waals surface area contributed by atoms with Gasteiger partial charge in [-0.05, 0) is 30.3 Å². The van der Waals surface area contributed by atoms with Crippen LogP contribution in [0.5, 0.6) is 5.75 Å². The number of nitro groups is 1. The Labute approximate surface area is 179 Å². The van der Waals surface area contributed by atoms with Gasteiger partial charge in [-0.15, -0.1) is 0 Å². The Kier molecular flexibility index (Phi) is 7.57. The highest BCUT2D eigenvalue weighted by Gasteiger charge is 2.20. The van der Waals surface area contributed by atoms with Crippen LogP contribution in [0.15, 0.2) is 47.4 Å². The highest BCUT2D eigenvalue weighted by Crippen LogP contribution is 2.30. The minimum atomic E-state index is -4.13. The highest BCUT2D eigenvalue weighted by atomic mass is 32.2. The summed E-state index contributed by atoms with van der Waals surface area (Å²) < 4.78 is 55.5. The summed E-state index contributed by atoms with van der Waals surface area (Å²) in [6.45, 7) is 1.44. The van der Waals surface area contributed by atoms with E-state index in [1.54, 1.807) is 0 Å². The number of carbonyl (C=O) groups is 1. The van der Waals surface area contributed by atoms with Crippen molar-refractivity contribution >= 4 is 37.1 Å². The zero-order chi connectivity index (χ0) is 23.2. The van der Waals surface area contributed by atoms with E-state index >= 15 is 0 Å². The summed E-state index contributed by atoms with van der Waals surface area (Å²) in [4.78, 5) is 22.2. The van der Waals surface area contributed by atoms with Crippen LogP contribution in [0.1, 0.15) is 17.3 Å². The number of benzene rings is 2. The Bertz CT molecular complexity index is 1180. The van der Waals surface area contributed by atoms with Crippen LogP contribution in [0.4, 0.5) is 11.4 Å². The number of nitrogens with one attached hydrogen (secondary N) is 2. The maximum absolute atomic E-state index is 12.6. The van der Waals surface area contributed by atoms with Crippen LogP contribution >= 0.6 is 0 Å².